The maximum Gasteiger partial charge on any atom is 0.257 e. The number of hydrogen-bond donors (Lipinski definition) is 1. The van der Waals surface area contributed by atoms with Crippen LogP contribution in [-0.2, 0) is 0 Å². The van der Waals surface area contributed by atoms with E-state index < -0.39 is 0 Å². The SMILES string of the molecule is CCSc1ccccc1NC(=O)c1ccnnc1. The molecule has 1 heterocycles. The molecule has 2 aromatic rings. The molecule has 0 spiro atoms. The van der Waals surface area contributed by atoms with Gasteiger partial charge in [-0.15, -0.1) is 11.8 Å². The molecule has 92 valence electrons. The Bertz CT molecular complexity index is 531. The predicted molar refractivity (Wildman–Crippen MR) is 72.8 cm³/mol. The van der Waals surface area contributed by atoms with Crippen molar-refractivity contribution in [2.24, 2.45) is 0 Å². The zero-order chi connectivity index (χ0) is 12.8. The Balaban J connectivity index is 2.17. The molecule has 0 aliphatic carbocycles. The van der Waals surface area contributed by atoms with E-state index in [0.717, 1.165) is 16.3 Å². The first kappa shape index (κ1) is 12.6. The maximum atomic E-state index is 12.0. The van der Waals surface area contributed by atoms with Crippen LogP contribution in [0.3, 0.4) is 0 Å². The van der Waals surface area contributed by atoms with Crippen LogP contribution in [-0.4, -0.2) is 21.9 Å². The smallest absolute Gasteiger partial charge is 0.257 e. The molecule has 1 aromatic carbocycles. The molecule has 0 fully saturated rings. The molecule has 5 heteroatoms. The monoisotopic (exact) mass is 259 g/mol. The Hall–Kier alpha value is -1.88. The van der Waals surface area contributed by atoms with Crippen molar-refractivity contribution in [3.8, 4) is 0 Å². The van der Waals surface area contributed by atoms with Gasteiger partial charge in [-0.3, -0.25) is 4.79 Å². The van der Waals surface area contributed by atoms with Crippen molar-refractivity contribution < 1.29 is 4.79 Å². The second-order valence-corrected chi connectivity index (χ2v) is 4.82. The van der Waals surface area contributed by atoms with E-state index in [9.17, 15) is 4.79 Å². The zero-order valence-corrected chi connectivity index (χ0v) is 10.8. The molecule has 0 bridgehead atoms. The Morgan fingerprint density at radius 2 is 2.11 bits per heavy atom. The number of para-hydroxylation sites is 1. The first-order valence-corrected chi connectivity index (χ1v) is 6.59. The largest absolute Gasteiger partial charge is 0.321 e. The van der Waals surface area contributed by atoms with Gasteiger partial charge in [-0.05, 0) is 24.0 Å². The lowest BCUT2D eigenvalue weighted by atomic mass is 10.2. The number of aromatic nitrogens is 2. The fourth-order valence-electron chi connectivity index (χ4n) is 1.47. The third-order valence-electron chi connectivity index (χ3n) is 2.28. The number of hydrogen-bond acceptors (Lipinski definition) is 4. The highest BCUT2D eigenvalue weighted by atomic mass is 32.2. The minimum atomic E-state index is -0.172. The van der Waals surface area contributed by atoms with Gasteiger partial charge in [0.1, 0.15) is 0 Å². The van der Waals surface area contributed by atoms with Gasteiger partial charge in [-0.25, -0.2) is 0 Å². The summed E-state index contributed by atoms with van der Waals surface area (Å²) in [5, 5.41) is 10.2. The predicted octanol–water partition coefficient (Wildman–Crippen LogP) is 2.84. The van der Waals surface area contributed by atoms with E-state index in [1.54, 1.807) is 17.8 Å². The normalized spacial score (nSPS) is 10.1. The summed E-state index contributed by atoms with van der Waals surface area (Å²) >= 11 is 1.70. The molecule has 0 atom stereocenters. The van der Waals surface area contributed by atoms with Gasteiger partial charge in [-0.1, -0.05) is 19.1 Å². The molecule has 4 nitrogen and oxygen atoms in total. The van der Waals surface area contributed by atoms with Crippen LogP contribution in [0.15, 0.2) is 47.6 Å². The molecule has 1 amide bonds. The van der Waals surface area contributed by atoms with E-state index in [0.29, 0.717) is 5.56 Å². The Morgan fingerprint density at radius 1 is 1.28 bits per heavy atom. The van der Waals surface area contributed by atoms with Crippen LogP contribution in [0.5, 0.6) is 0 Å². The molecular weight excluding hydrogens is 246 g/mol. The number of thioether (sulfide) groups is 1. The summed E-state index contributed by atoms with van der Waals surface area (Å²) < 4.78 is 0. The van der Waals surface area contributed by atoms with E-state index in [4.69, 9.17) is 0 Å². The van der Waals surface area contributed by atoms with Crippen LogP contribution in [0, 0.1) is 0 Å². The average Bonchev–Trinajstić information content (AvgIpc) is 2.42. The standard InChI is InChI=1S/C13H13N3OS/c1-2-18-12-6-4-3-5-11(12)16-13(17)10-7-8-14-15-9-10/h3-9H,2H2,1H3,(H,16,17). The van der Waals surface area contributed by atoms with Crippen molar-refractivity contribution in [3.05, 3.63) is 48.3 Å². The molecule has 1 aromatic heterocycles. The lowest BCUT2D eigenvalue weighted by Gasteiger charge is -2.09. The summed E-state index contributed by atoms with van der Waals surface area (Å²) in [5.41, 5.74) is 1.33. The Morgan fingerprint density at radius 3 is 2.83 bits per heavy atom. The molecule has 0 unspecified atom stereocenters. The quantitative estimate of drug-likeness (QED) is 0.858. The van der Waals surface area contributed by atoms with Gasteiger partial charge in [0, 0.05) is 4.90 Å². The van der Waals surface area contributed by atoms with E-state index in [1.165, 1.54) is 12.4 Å². The second kappa shape index (κ2) is 6.16. The highest BCUT2D eigenvalue weighted by Gasteiger charge is 2.08. The first-order chi connectivity index (χ1) is 8.81. The average molecular weight is 259 g/mol. The summed E-state index contributed by atoms with van der Waals surface area (Å²) in [6, 6.07) is 9.39. The summed E-state index contributed by atoms with van der Waals surface area (Å²) in [4.78, 5) is 13.0. The molecule has 18 heavy (non-hydrogen) atoms. The van der Waals surface area contributed by atoms with Gasteiger partial charge < -0.3 is 5.32 Å². The minimum Gasteiger partial charge on any atom is -0.321 e. The fraction of sp³-hybridized carbons (Fsp3) is 0.154. The molecule has 2 rings (SSSR count). The maximum absolute atomic E-state index is 12.0. The summed E-state index contributed by atoms with van der Waals surface area (Å²) in [6.07, 6.45) is 2.95. The van der Waals surface area contributed by atoms with Gasteiger partial charge >= 0.3 is 0 Å². The van der Waals surface area contributed by atoms with Gasteiger partial charge in [0.15, 0.2) is 0 Å². The van der Waals surface area contributed by atoms with Crippen molar-refractivity contribution in [2.45, 2.75) is 11.8 Å². The minimum absolute atomic E-state index is 0.172. The topological polar surface area (TPSA) is 54.9 Å². The second-order valence-electron chi connectivity index (χ2n) is 3.51. The summed E-state index contributed by atoms with van der Waals surface area (Å²) in [7, 11) is 0. The lowest BCUT2D eigenvalue weighted by Crippen LogP contribution is -2.12. The number of carbonyl (C=O) groups is 1. The molecule has 1 N–H and O–H groups in total. The van der Waals surface area contributed by atoms with E-state index in [1.807, 2.05) is 24.3 Å². The van der Waals surface area contributed by atoms with Gasteiger partial charge in [0.2, 0.25) is 0 Å². The molecule has 0 aliphatic heterocycles. The van der Waals surface area contributed by atoms with Crippen molar-refractivity contribution in [2.75, 3.05) is 11.1 Å². The van der Waals surface area contributed by atoms with Crippen LogP contribution in [0.25, 0.3) is 0 Å². The van der Waals surface area contributed by atoms with Crippen molar-refractivity contribution >= 4 is 23.4 Å². The van der Waals surface area contributed by atoms with Gasteiger partial charge in [-0.2, -0.15) is 10.2 Å². The highest BCUT2D eigenvalue weighted by molar-refractivity contribution is 7.99. The van der Waals surface area contributed by atoms with Crippen LogP contribution >= 0.6 is 11.8 Å². The number of carbonyl (C=O) groups excluding carboxylic acids is 1. The molecule has 0 aliphatic rings. The summed E-state index contributed by atoms with van der Waals surface area (Å²) in [6.45, 7) is 2.08. The van der Waals surface area contributed by atoms with Crippen molar-refractivity contribution in [3.63, 3.8) is 0 Å². The van der Waals surface area contributed by atoms with Crippen LogP contribution in [0.2, 0.25) is 0 Å². The Kier molecular flexibility index (Phi) is 4.30. The lowest BCUT2D eigenvalue weighted by molar-refractivity contribution is 0.102. The third kappa shape index (κ3) is 3.07. The number of nitrogens with zero attached hydrogens (tertiary/aromatic N) is 2. The summed E-state index contributed by atoms with van der Waals surface area (Å²) in [5.74, 6) is 0.790. The van der Waals surface area contributed by atoms with Crippen LogP contribution in [0.1, 0.15) is 17.3 Å². The zero-order valence-electron chi connectivity index (χ0n) is 9.96. The van der Waals surface area contributed by atoms with Crippen LogP contribution < -0.4 is 5.32 Å². The Labute approximate surface area is 110 Å². The van der Waals surface area contributed by atoms with E-state index in [2.05, 4.69) is 22.4 Å². The fourth-order valence-corrected chi connectivity index (χ4v) is 2.23. The van der Waals surface area contributed by atoms with Crippen LogP contribution in [0.4, 0.5) is 5.69 Å². The number of benzene rings is 1. The number of nitrogens with one attached hydrogen (secondary N) is 1. The third-order valence-corrected chi connectivity index (χ3v) is 3.24. The van der Waals surface area contributed by atoms with Crippen molar-refractivity contribution in [1.29, 1.82) is 0 Å². The van der Waals surface area contributed by atoms with Crippen molar-refractivity contribution in [1.82, 2.24) is 10.2 Å². The number of anilines is 1. The van der Waals surface area contributed by atoms with E-state index in [-0.39, 0.29) is 5.91 Å². The molecule has 0 saturated heterocycles. The highest BCUT2D eigenvalue weighted by Crippen LogP contribution is 2.26. The van der Waals surface area contributed by atoms with Gasteiger partial charge in [0.05, 0.1) is 23.6 Å². The van der Waals surface area contributed by atoms with E-state index >= 15 is 0 Å². The van der Waals surface area contributed by atoms with Gasteiger partial charge in [0.25, 0.3) is 5.91 Å². The molecule has 0 saturated carbocycles. The number of amides is 1. The number of rotatable bonds is 4. The molecular formula is C13H13N3OS. The first-order valence-electron chi connectivity index (χ1n) is 5.61. The molecule has 0 radical (unpaired) electrons.